The molecule has 2 saturated carbocycles. The second kappa shape index (κ2) is 5.78. The van der Waals surface area contributed by atoms with Crippen LogP contribution in [-0.4, -0.2) is 16.4 Å². The molecule has 2 aliphatic carbocycles. The van der Waals surface area contributed by atoms with E-state index in [4.69, 9.17) is 18.0 Å². The third kappa shape index (κ3) is 3.10. The zero-order valence-electron chi connectivity index (χ0n) is 12.0. The Kier molecular flexibility index (Phi) is 4.49. The number of carbonyl (C=O) groups is 1. The second-order valence-electron chi connectivity index (χ2n) is 6.58. The molecule has 2 rings (SSSR count). The van der Waals surface area contributed by atoms with E-state index in [0.29, 0.717) is 4.99 Å². The summed E-state index contributed by atoms with van der Waals surface area (Å²) >= 11 is 5.22. The zero-order chi connectivity index (χ0) is 13.9. The van der Waals surface area contributed by atoms with Gasteiger partial charge in [-0.3, -0.25) is 4.79 Å². The van der Waals surface area contributed by atoms with Crippen molar-refractivity contribution in [2.45, 2.75) is 76.7 Å². The lowest BCUT2D eigenvalue weighted by Crippen LogP contribution is -2.57. The minimum absolute atomic E-state index is 0.0510. The lowest BCUT2D eigenvalue weighted by atomic mass is 9.72. The van der Waals surface area contributed by atoms with Crippen molar-refractivity contribution in [3.63, 3.8) is 0 Å². The first-order chi connectivity index (χ1) is 8.99. The average molecular weight is 282 g/mol. The van der Waals surface area contributed by atoms with Gasteiger partial charge in [0.25, 0.3) is 0 Å². The third-order valence-corrected chi connectivity index (χ3v) is 5.38. The van der Waals surface area contributed by atoms with Crippen LogP contribution in [0.4, 0.5) is 0 Å². The molecule has 3 nitrogen and oxygen atoms in total. The Labute approximate surface area is 121 Å². The van der Waals surface area contributed by atoms with Gasteiger partial charge in [-0.05, 0) is 32.6 Å². The number of amides is 1. The Morgan fingerprint density at radius 3 is 1.95 bits per heavy atom. The molecule has 3 N–H and O–H groups in total. The maximum absolute atomic E-state index is 12.8. The van der Waals surface area contributed by atoms with Gasteiger partial charge in [-0.2, -0.15) is 0 Å². The molecule has 0 unspecified atom stereocenters. The topological polar surface area (TPSA) is 55.1 Å². The summed E-state index contributed by atoms with van der Waals surface area (Å²) in [7, 11) is 0. The first-order valence-electron chi connectivity index (χ1n) is 7.61. The lowest BCUT2D eigenvalue weighted by molar-refractivity contribution is -0.131. The van der Waals surface area contributed by atoms with Crippen LogP contribution in [0.15, 0.2) is 0 Å². The molecule has 0 atom stereocenters. The summed E-state index contributed by atoms with van der Waals surface area (Å²) in [5.74, 6) is 0.0871. The van der Waals surface area contributed by atoms with Gasteiger partial charge < -0.3 is 11.1 Å². The van der Waals surface area contributed by atoms with Gasteiger partial charge >= 0.3 is 0 Å². The minimum atomic E-state index is -0.575. The summed E-state index contributed by atoms with van der Waals surface area (Å²) in [5, 5.41) is 3.28. The van der Waals surface area contributed by atoms with Gasteiger partial charge in [0.2, 0.25) is 5.91 Å². The average Bonchev–Trinajstić information content (AvgIpc) is 2.39. The van der Waals surface area contributed by atoms with Gasteiger partial charge in [0.1, 0.15) is 0 Å². The van der Waals surface area contributed by atoms with Crippen molar-refractivity contribution in [1.82, 2.24) is 5.32 Å². The third-order valence-electron chi connectivity index (χ3n) is 4.99. The highest BCUT2D eigenvalue weighted by atomic mass is 32.1. The van der Waals surface area contributed by atoms with Crippen molar-refractivity contribution >= 4 is 23.1 Å². The number of rotatable bonds is 3. The largest absolute Gasteiger partial charge is 0.392 e. The van der Waals surface area contributed by atoms with Gasteiger partial charge in [0.15, 0.2) is 0 Å². The molecule has 0 aliphatic heterocycles. The fraction of sp³-hybridized carbons (Fsp3) is 0.867. The molecule has 19 heavy (non-hydrogen) atoms. The maximum atomic E-state index is 12.8. The molecule has 0 radical (unpaired) electrons. The van der Waals surface area contributed by atoms with Crippen LogP contribution in [0.25, 0.3) is 0 Å². The van der Waals surface area contributed by atoms with Gasteiger partial charge in [-0.25, -0.2) is 0 Å². The van der Waals surface area contributed by atoms with Crippen LogP contribution in [-0.2, 0) is 4.79 Å². The summed E-state index contributed by atoms with van der Waals surface area (Å²) in [4.78, 5) is 13.1. The van der Waals surface area contributed by atoms with Crippen molar-refractivity contribution in [2.24, 2.45) is 11.1 Å². The SMILES string of the molecule is CC1(NC(=O)C2(C(N)=S)CCCCC2)CCCCC1. The molecule has 2 fully saturated rings. The van der Waals surface area contributed by atoms with Crippen molar-refractivity contribution < 1.29 is 4.79 Å². The Balaban J connectivity index is 2.09. The van der Waals surface area contributed by atoms with E-state index in [1.807, 2.05) is 0 Å². The van der Waals surface area contributed by atoms with Crippen molar-refractivity contribution in [3.8, 4) is 0 Å². The summed E-state index contributed by atoms with van der Waals surface area (Å²) in [6.45, 7) is 2.17. The lowest BCUT2D eigenvalue weighted by Gasteiger charge is -2.41. The summed E-state index contributed by atoms with van der Waals surface area (Å²) in [6.07, 6.45) is 10.8. The number of hydrogen-bond donors (Lipinski definition) is 2. The fourth-order valence-corrected chi connectivity index (χ4v) is 3.89. The minimum Gasteiger partial charge on any atom is -0.392 e. The summed E-state index contributed by atoms with van der Waals surface area (Å²) in [5.41, 5.74) is 5.30. The Morgan fingerprint density at radius 1 is 1.00 bits per heavy atom. The molecule has 4 heteroatoms. The molecule has 0 bridgehead atoms. The van der Waals surface area contributed by atoms with E-state index in [0.717, 1.165) is 38.5 Å². The standard InChI is InChI=1S/C15H26N2OS/c1-14(8-4-2-5-9-14)17-13(18)15(12(16)19)10-6-3-7-11-15/h2-11H2,1H3,(H2,16,19)(H,17,18). The fourth-order valence-electron chi connectivity index (χ4n) is 3.59. The van der Waals surface area contributed by atoms with Crippen molar-refractivity contribution in [1.29, 1.82) is 0 Å². The van der Waals surface area contributed by atoms with Gasteiger partial charge in [-0.15, -0.1) is 0 Å². The van der Waals surface area contributed by atoms with Gasteiger partial charge in [0.05, 0.1) is 10.4 Å². The van der Waals surface area contributed by atoms with E-state index in [2.05, 4.69) is 12.2 Å². The Bertz CT molecular complexity index is 355. The first-order valence-corrected chi connectivity index (χ1v) is 8.02. The maximum Gasteiger partial charge on any atom is 0.233 e. The molecule has 0 aromatic carbocycles. The number of thiocarbonyl (C=S) groups is 1. The normalized spacial score (nSPS) is 25.5. The molecule has 108 valence electrons. The second-order valence-corrected chi connectivity index (χ2v) is 7.02. The molecule has 0 spiro atoms. The highest BCUT2D eigenvalue weighted by Crippen LogP contribution is 2.38. The first kappa shape index (κ1) is 14.8. The predicted molar refractivity (Wildman–Crippen MR) is 81.9 cm³/mol. The van der Waals surface area contributed by atoms with Crippen LogP contribution in [0.5, 0.6) is 0 Å². The number of carbonyl (C=O) groups excluding carboxylic acids is 1. The number of nitrogens with one attached hydrogen (secondary N) is 1. The van der Waals surface area contributed by atoms with E-state index in [9.17, 15) is 4.79 Å². The highest BCUT2D eigenvalue weighted by Gasteiger charge is 2.44. The van der Waals surface area contributed by atoms with Crippen LogP contribution in [0.3, 0.4) is 0 Å². The van der Waals surface area contributed by atoms with Crippen LogP contribution in [0, 0.1) is 5.41 Å². The smallest absolute Gasteiger partial charge is 0.233 e. The highest BCUT2D eigenvalue weighted by molar-refractivity contribution is 7.80. The Hall–Kier alpha value is -0.640. The number of nitrogens with two attached hydrogens (primary N) is 1. The number of hydrogen-bond acceptors (Lipinski definition) is 2. The molecule has 0 aromatic heterocycles. The molecular weight excluding hydrogens is 256 g/mol. The van der Waals surface area contributed by atoms with E-state index in [-0.39, 0.29) is 11.4 Å². The summed E-state index contributed by atoms with van der Waals surface area (Å²) in [6, 6.07) is 0. The van der Waals surface area contributed by atoms with Crippen LogP contribution in [0.2, 0.25) is 0 Å². The Morgan fingerprint density at radius 2 is 1.47 bits per heavy atom. The molecule has 0 aromatic rings. The van der Waals surface area contributed by atoms with E-state index in [1.54, 1.807) is 0 Å². The van der Waals surface area contributed by atoms with Crippen molar-refractivity contribution in [2.75, 3.05) is 0 Å². The monoisotopic (exact) mass is 282 g/mol. The quantitative estimate of drug-likeness (QED) is 0.782. The summed E-state index contributed by atoms with van der Waals surface area (Å²) < 4.78 is 0. The molecule has 0 saturated heterocycles. The predicted octanol–water partition coefficient (Wildman–Crippen LogP) is 3.06. The molecular formula is C15H26N2OS. The molecule has 0 heterocycles. The van der Waals surface area contributed by atoms with E-state index >= 15 is 0 Å². The van der Waals surface area contributed by atoms with Gasteiger partial charge in [0, 0.05) is 5.54 Å². The van der Waals surface area contributed by atoms with Crippen LogP contribution < -0.4 is 11.1 Å². The van der Waals surface area contributed by atoms with Crippen molar-refractivity contribution in [3.05, 3.63) is 0 Å². The molecule has 1 amide bonds. The van der Waals surface area contributed by atoms with Crippen LogP contribution in [0.1, 0.15) is 71.1 Å². The van der Waals surface area contributed by atoms with Crippen LogP contribution >= 0.6 is 12.2 Å². The van der Waals surface area contributed by atoms with E-state index < -0.39 is 5.41 Å². The van der Waals surface area contributed by atoms with Gasteiger partial charge in [-0.1, -0.05) is 50.7 Å². The van der Waals surface area contributed by atoms with E-state index in [1.165, 1.54) is 25.7 Å². The zero-order valence-corrected chi connectivity index (χ0v) is 12.8. The molecule has 2 aliphatic rings.